The topological polar surface area (TPSA) is 66.1 Å². The third kappa shape index (κ3) is 3.74. The van der Waals surface area contributed by atoms with E-state index in [0.717, 1.165) is 22.5 Å². The van der Waals surface area contributed by atoms with Crippen molar-refractivity contribution < 1.29 is 9.53 Å². The number of hydrogen-bond acceptors (Lipinski definition) is 4. The van der Waals surface area contributed by atoms with Crippen molar-refractivity contribution in [3.8, 4) is 11.4 Å². The Bertz CT molecular complexity index is 975. The fourth-order valence-electron chi connectivity index (χ4n) is 2.97. The van der Waals surface area contributed by atoms with Crippen LogP contribution in [0.1, 0.15) is 16.7 Å². The Hall–Kier alpha value is -3.15. The van der Waals surface area contributed by atoms with Crippen LogP contribution in [-0.4, -0.2) is 27.2 Å². The smallest absolute Gasteiger partial charge is 0.309 e. The zero-order chi connectivity index (χ0) is 18.7. The fraction of sp³-hybridized carbons (Fsp3) is 0.250. The molecule has 3 aromatic rings. The van der Waals surface area contributed by atoms with Crippen LogP contribution in [0.15, 0.2) is 53.7 Å². The molecule has 0 N–H and O–H groups in total. The van der Waals surface area contributed by atoms with Crippen LogP contribution in [0.2, 0.25) is 0 Å². The highest BCUT2D eigenvalue weighted by Gasteiger charge is 2.10. The SMILES string of the molecule is COC(=O)Cc1cccc(Cn2ccnc2-c2cc(C)c(=O)n(C)c2)c1. The Kier molecular flexibility index (Phi) is 5.02. The van der Waals surface area contributed by atoms with E-state index in [1.54, 1.807) is 30.9 Å². The highest BCUT2D eigenvalue weighted by atomic mass is 16.5. The van der Waals surface area contributed by atoms with E-state index >= 15 is 0 Å². The first-order chi connectivity index (χ1) is 12.5. The number of methoxy groups -OCH3 is 1. The minimum absolute atomic E-state index is 0.0117. The molecule has 1 aromatic carbocycles. The van der Waals surface area contributed by atoms with Crippen molar-refractivity contribution in [3.63, 3.8) is 0 Å². The Labute approximate surface area is 151 Å². The maximum absolute atomic E-state index is 11.9. The average Bonchev–Trinajstić information content (AvgIpc) is 3.07. The molecule has 0 fully saturated rings. The summed E-state index contributed by atoms with van der Waals surface area (Å²) in [5.41, 5.74) is 3.53. The van der Waals surface area contributed by atoms with Gasteiger partial charge in [0.15, 0.2) is 0 Å². The van der Waals surface area contributed by atoms with Gasteiger partial charge in [0.25, 0.3) is 5.56 Å². The highest BCUT2D eigenvalue weighted by molar-refractivity contribution is 5.72. The molecule has 3 rings (SSSR count). The molecule has 0 saturated heterocycles. The van der Waals surface area contributed by atoms with Crippen molar-refractivity contribution in [2.24, 2.45) is 7.05 Å². The number of pyridine rings is 1. The second-order valence-corrected chi connectivity index (χ2v) is 6.28. The van der Waals surface area contributed by atoms with Crippen molar-refractivity contribution in [3.05, 3.63) is 76.0 Å². The number of esters is 1. The molecule has 6 heteroatoms. The molecule has 2 heterocycles. The van der Waals surface area contributed by atoms with Gasteiger partial charge in [0, 0.05) is 43.3 Å². The van der Waals surface area contributed by atoms with Gasteiger partial charge in [-0.15, -0.1) is 0 Å². The summed E-state index contributed by atoms with van der Waals surface area (Å²) in [6, 6.07) is 9.70. The van der Waals surface area contributed by atoms with E-state index in [1.165, 1.54) is 7.11 Å². The zero-order valence-corrected chi connectivity index (χ0v) is 15.1. The number of hydrogen-bond donors (Lipinski definition) is 0. The van der Waals surface area contributed by atoms with E-state index in [2.05, 4.69) is 4.98 Å². The van der Waals surface area contributed by atoms with E-state index in [1.807, 2.05) is 41.1 Å². The third-order valence-electron chi connectivity index (χ3n) is 4.26. The summed E-state index contributed by atoms with van der Waals surface area (Å²) in [7, 11) is 3.13. The van der Waals surface area contributed by atoms with Gasteiger partial charge in [-0.1, -0.05) is 24.3 Å². The fourth-order valence-corrected chi connectivity index (χ4v) is 2.97. The number of carbonyl (C=O) groups is 1. The van der Waals surface area contributed by atoms with Gasteiger partial charge < -0.3 is 13.9 Å². The first-order valence-electron chi connectivity index (χ1n) is 8.31. The quantitative estimate of drug-likeness (QED) is 0.662. The van der Waals surface area contributed by atoms with Gasteiger partial charge in [-0.05, 0) is 24.1 Å². The number of nitrogens with zero attached hydrogens (tertiary/aromatic N) is 3. The molecule has 0 aliphatic carbocycles. The van der Waals surface area contributed by atoms with Gasteiger partial charge in [-0.25, -0.2) is 4.98 Å². The number of rotatable bonds is 5. The Morgan fingerprint density at radius 2 is 2.00 bits per heavy atom. The van der Waals surface area contributed by atoms with Crippen LogP contribution in [0.5, 0.6) is 0 Å². The second kappa shape index (κ2) is 7.39. The molecule has 0 bridgehead atoms. The van der Waals surface area contributed by atoms with Crippen LogP contribution in [-0.2, 0) is 29.5 Å². The summed E-state index contributed by atoms with van der Waals surface area (Å²) >= 11 is 0. The summed E-state index contributed by atoms with van der Waals surface area (Å²) < 4.78 is 8.32. The van der Waals surface area contributed by atoms with Crippen molar-refractivity contribution in [2.75, 3.05) is 7.11 Å². The lowest BCUT2D eigenvalue weighted by Crippen LogP contribution is -2.18. The lowest BCUT2D eigenvalue weighted by Gasteiger charge is -2.11. The van der Waals surface area contributed by atoms with E-state index < -0.39 is 0 Å². The molecular formula is C20H21N3O3. The number of benzene rings is 1. The first kappa shape index (κ1) is 17.7. The minimum atomic E-state index is -0.258. The van der Waals surface area contributed by atoms with Crippen molar-refractivity contribution in [1.29, 1.82) is 0 Å². The molecule has 6 nitrogen and oxygen atoms in total. The molecule has 0 spiro atoms. The standard InChI is InChI=1S/C20H21N3O3/c1-14-9-17(13-22(2)20(14)25)19-21-7-8-23(19)12-16-6-4-5-15(10-16)11-18(24)26-3/h4-10,13H,11-12H2,1-3H3. The molecule has 0 aliphatic rings. The summed E-state index contributed by atoms with van der Waals surface area (Å²) in [5, 5.41) is 0. The van der Waals surface area contributed by atoms with Gasteiger partial charge in [-0.2, -0.15) is 0 Å². The van der Waals surface area contributed by atoms with Crippen LogP contribution in [0.25, 0.3) is 11.4 Å². The molecular weight excluding hydrogens is 330 g/mol. The molecule has 0 atom stereocenters. The molecule has 0 amide bonds. The van der Waals surface area contributed by atoms with Crippen LogP contribution in [0.4, 0.5) is 0 Å². The van der Waals surface area contributed by atoms with E-state index in [0.29, 0.717) is 12.1 Å². The minimum Gasteiger partial charge on any atom is -0.469 e. The number of aryl methyl sites for hydroxylation is 2. The van der Waals surface area contributed by atoms with E-state index in [4.69, 9.17) is 4.74 Å². The summed E-state index contributed by atoms with van der Waals surface area (Å²) in [5.74, 6) is 0.535. The summed E-state index contributed by atoms with van der Waals surface area (Å²) in [6.07, 6.45) is 5.69. The van der Waals surface area contributed by atoms with Gasteiger partial charge in [-0.3, -0.25) is 9.59 Å². The molecule has 0 aliphatic heterocycles. The normalized spacial score (nSPS) is 10.7. The summed E-state index contributed by atoms with van der Waals surface area (Å²) in [4.78, 5) is 27.8. The van der Waals surface area contributed by atoms with E-state index in [9.17, 15) is 9.59 Å². The third-order valence-corrected chi connectivity index (χ3v) is 4.26. The Balaban J connectivity index is 1.89. The second-order valence-electron chi connectivity index (χ2n) is 6.28. The number of aromatic nitrogens is 3. The van der Waals surface area contributed by atoms with Gasteiger partial charge >= 0.3 is 5.97 Å². The first-order valence-corrected chi connectivity index (χ1v) is 8.31. The largest absolute Gasteiger partial charge is 0.469 e. The molecule has 2 aromatic heterocycles. The molecule has 0 unspecified atom stereocenters. The highest BCUT2D eigenvalue weighted by Crippen LogP contribution is 2.19. The monoisotopic (exact) mass is 351 g/mol. The van der Waals surface area contributed by atoms with Crippen LogP contribution >= 0.6 is 0 Å². The van der Waals surface area contributed by atoms with Gasteiger partial charge in [0.05, 0.1) is 13.5 Å². The lowest BCUT2D eigenvalue weighted by atomic mass is 10.1. The molecule has 134 valence electrons. The van der Waals surface area contributed by atoms with E-state index in [-0.39, 0.29) is 17.9 Å². The average molecular weight is 351 g/mol. The number of carbonyl (C=O) groups excluding carboxylic acids is 1. The Morgan fingerprint density at radius 3 is 2.73 bits per heavy atom. The van der Waals surface area contributed by atoms with Crippen molar-refractivity contribution >= 4 is 5.97 Å². The predicted molar refractivity (Wildman–Crippen MR) is 98.9 cm³/mol. The Morgan fingerprint density at radius 1 is 1.23 bits per heavy atom. The van der Waals surface area contributed by atoms with Crippen LogP contribution < -0.4 is 5.56 Å². The van der Waals surface area contributed by atoms with Crippen LogP contribution in [0, 0.1) is 6.92 Å². The maximum Gasteiger partial charge on any atom is 0.309 e. The number of ether oxygens (including phenoxy) is 1. The molecule has 0 saturated carbocycles. The van der Waals surface area contributed by atoms with Crippen molar-refractivity contribution in [2.45, 2.75) is 19.9 Å². The van der Waals surface area contributed by atoms with Crippen molar-refractivity contribution in [1.82, 2.24) is 14.1 Å². The molecule has 0 radical (unpaired) electrons. The van der Waals surface area contributed by atoms with Gasteiger partial charge in [0.2, 0.25) is 0 Å². The maximum atomic E-state index is 11.9. The summed E-state index contributed by atoms with van der Waals surface area (Å²) in [6.45, 7) is 2.42. The molecule has 26 heavy (non-hydrogen) atoms. The van der Waals surface area contributed by atoms with Gasteiger partial charge in [0.1, 0.15) is 5.82 Å². The lowest BCUT2D eigenvalue weighted by molar-refractivity contribution is -0.139. The van der Waals surface area contributed by atoms with Crippen LogP contribution in [0.3, 0.4) is 0 Å². The predicted octanol–water partition coefficient (Wildman–Crippen LogP) is 2.32. The zero-order valence-electron chi connectivity index (χ0n) is 15.1. The number of imidazole rings is 1.